The summed E-state index contributed by atoms with van der Waals surface area (Å²) >= 11 is 0. The zero-order chi connectivity index (χ0) is 20.6. The fourth-order valence-electron chi connectivity index (χ4n) is 3.33. The quantitative estimate of drug-likeness (QED) is 0.518. The number of halogens is 1. The Morgan fingerprint density at radius 3 is 2.66 bits per heavy atom. The molecule has 1 saturated heterocycles. The monoisotopic (exact) mass is 399 g/mol. The number of aliphatic hydroxyl groups is 1. The van der Waals surface area contributed by atoms with E-state index in [0.29, 0.717) is 42.4 Å². The fourth-order valence-corrected chi connectivity index (χ4v) is 3.33. The minimum absolute atomic E-state index is 0.0591. The Hall–Kier alpha value is -3.11. The Balaban J connectivity index is 1.54. The first-order valence-electron chi connectivity index (χ1n) is 9.26. The molecule has 0 unspecified atom stereocenters. The lowest BCUT2D eigenvalue weighted by Crippen LogP contribution is -2.59. The number of aromatic nitrogens is 5. The molecule has 10 heteroatoms. The number of benzene rings is 1. The number of phenolic OH excluding ortho intramolecular Hbond substituents is 1. The van der Waals surface area contributed by atoms with Crippen molar-refractivity contribution in [1.82, 2.24) is 30.7 Å². The van der Waals surface area contributed by atoms with Crippen LogP contribution in [0.25, 0.3) is 22.4 Å². The van der Waals surface area contributed by atoms with Crippen molar-refractivity contribution < 1.29 is 14.6 Å². The first-order chi connectivity index (χ1) is 13.8. The molecule has 0 radical (unpaired) electrons. The summed E-state index contributed by atoms with van der Waals surface area (Å²) in [6.45, 7) is 5.48. The van der Waals surface area contributed by atoms with Crippen molar-refractivity contribution in [2.75, 3.05) is 24.5 Å². The van der Waals surface area contributed by atoms with Crippen LogP contribution in [0.3, 0.4) is 0 Å². The molecule has 2 aromatic heterocycles. The van der Waals surface area contributed by atoms with Gasteiger partial charge in [-0.1, -0.05) is 6.07 Å². The van der Waals surface area contributed by atoms with Gasteiger partial charge in [-0.2, -0.15) is 9.49 Å². The van der Waals surface area contributed by atoms with E-state index in [2.05, 4.69) is 30.7 Å². The summed E-state index contributed by atoms with van der Waals surface area (Å²) in [7, 11) is 0. The maximum absolute atomic E-state index is 13.7. The molecule has 0 spiro atoms. The van der Waals surface area contributed by atoms with Crippen LogP contribution in [0.2, 0.25) is 0 Å². The smallest absolute Gasteiger partial charge is 0.245 e. The van der Waals surface area contributed by atoms with E-state index in [9.17, 15) is 14.6 Å². The zero-order valence-electron chi connectivity index (χ0n) is 16.1. The standard InChI is InChI=1S/C19H22FN7O2/c1-19(2,29)16-10-27(6-5-21-16)18-22-9-14(24-26-18)12-4-3-11(7-15(12)28)13-8-23-25-17(13)20/h3-4,7-9,16,21,28-29H,5-6,10H2,1-2H3,(H,23,25)/t16-/m1/s1. The lowest BCUT2D eigenvalue weighted by atomic mass is 9.97. The van der Waals surface area contributed by atoms with Gasteiger partial charge >= 0.3 is 0 Å². The van der Waals surface area contributed by atoms with E-state index < -0.39 is 11.5 Å². The number of hydrogen-bond donors (Lipinski definition) is 4. The minimum Gasteiger partial charge on any atom is -0.507 e. The van der Waals surface area contributed by atoms with Gasteiger partial charge in [-0.15, -0.1) is 10.2 Å². The topological polar surface area (TPSA) is 123 Å². The number of hydrogen-bond acceptors (Lipinski definition) is 8. The van der Waals surface area contributed by atoms with E-state index >= 15 is 0 Å². The van der Waals surface area contributed by atoms with Crippen LogP contribution < -0.4 is 10.2 Å². The van der Waals surface area contributed by atoms with Crippen LogP contribution in [0.5, 0.6) is 5.75 Å². The number of nitrogens with zero attached hydrogens (tertiary/aromatic N) is 5. The molecule has 29 heavy (non-hydrogen) atoms. The van der Waals surface area contributed by atoms with Crippen molar-refractivity contribution in [2.45, 2.75) is 25.5 Å². The van der Waals surface area contributed by atoms with Crippen molar-refractivity contribution in [3.8, 4) is 28.1 Å². The van der Waals surface area contributed by atoms with Gasteiger partial charge in [0, 0.05) is 25.2 Å². The molecular weight excluding hydrogens is 377 g/mol. The highest BCUT2D eigenvalue weighted by Crippen LogP contribution is 2.32. The van der Waals surface area contributed by atoms with Gasteiger partial charge in [0.25, 0.3) is 0 Å². The minimum atomic E-state index is -0.867. The van der Waals surface area contributed by atoms with Crippen LogP contribution in [-0.4, -0.2) is 66.9 Å². The molecule has 3 heterocycles. The highest BCUT2D eigenvalue weighted by atomic mass is 19.1. The summed E-state index contributed by atoms with van der Waals surface area (Å²) in [6, 6.07) is 4.64. The summed E-state index contributed by atoms with van der Waals surface area (Å²) in [5, 5.41) is 38.2. The molecule has 1 aliphatic rings. The molecule has 1 aromatic carbocycles. The molecule has 3 aromatic rings. The predicted molar refractivity (Wildman–Crippen MR) is 105 cm³/mol. The van der Waals surface area contributed by atoms with Gasteiger partial charge < -0.3 is 20.4 Å². The number of anilines is 1. The molecule has 0 bridgehead atoms. The van der Waals surface area contributed by atoms with E-state index in [0.717, 1.165) is 0 Å². The maximum Gasteiger partial charge on any atom is 0.245 e. The third-order valence-electron chi connectivity index (χ3n) is 5.04. The van der Waals surface area contributed by atoms with Gasteiger partial charge in [-0.25, -0.2) is 4.98 Å². The first kappa shape index (κ1) is 19.2. The van der Waals surface area contributed by atoms with E-state index in [-0.39, 0.29) is 17.4 Å². The van der Waals surface area contributed by atoms with Crippen molar-refractivity contribution in [3.63, 3.8) is 0 Å². The lowest BCUT2D eigenvalue weighted by molar-refractivity contribution is 0.0362. The summed E-state index contributed by atoms with van der Waals surface area (Å²) in [4.78, 5) is 6.34. The van der Waals surface area contributed by atoms with Gasteiger partial charge in [-0.05, 0) is 31.5 Å². The molecule has 1 aliphatic heterocycles. The number of aromatic hydroxyl groups is 1. The summed E-state index contributed by atoms with van der Waals surface area (Å²) in [6.07, 6.45) is 2.89. The molecule has 1 atom stereocenters. The normalized spacial score (nSPS) is 17.5. The highest BCUT2D eigenvalue weighted by molar-refractivity contribution is 5.73. The maximum atomic E-state index is 13.7. The van der Waals surface area contributed by atoms with Crippen LogP contribution in [0.4, 0.5) is 10.3 Å². The predicted octanol–water partition coefficient (Wildman–Crippen LogP) is 1.32. The zero-order valence-corrected chi connectivity index (χ0v) is 16.1. The molecule has 0 saturated carbocycles. The Kier molecular flexibility index (Phi) is 4.89. The summed E-state index contributed by atoms with van der Waals surface area (Å²) < 4.78 is 13.7. The molecule has 0 aliphatic carbocycles. The Labute approximate surface area is 166 Å². The molecule has 152 valence electrons. The van der Waals surface area contributed by atoms with Crippen LogP contribution in [0, 0.1) is 5.95 Å². The SMILES string of the molecule is CC(C)(O)[C@H]1CN(c2ncc(-c3ccc(-c4cn[nH]c4F)cc3O)nn2)CCN1. The third-order valence-corrected chi connectivity index (χ3v) is 5.04. The Morgan fingerprint density at radius 2 is 2.03 bits per heavy atom. The van der Waals surface area contributed by atoms with E-state index in [1.54, 1.807) is 26.0 Å². The van der Waals surface area contributed by atoms with Crippen LogP contribution in [0.1, 0.15) is 13.8 Å². The van der Waals surface area contributed by atoms with E-state index in [1.807, 2.05) is 4.90 Å². The molecule has 4 N–H and O–H groups in total. The van der Waals surface area contributed by atoms with Crippen LogP contribution in [0.15, 0.2) is 30.6 Å². The average molecular weight is 399 g/mol. The first-order valence-corrected chi connectivity index (χ1v) is 9.26. The second-order valence-electron chi connectivity index (χ2n) is 7.58. The van der Waals surface area contributed by atoms with Gasteiger partial charge in [0.1, 0.15) is 11.4 Å². The van der Waals surface area contributed by atoms with Crippen molar-refractivity contribution in [1.29, 1.82) is 0 Å². The molecule has 1 fully saturated rings. The van der Waals surface area contributed by atoms with Gasteiger partial charge in [-0.3, -0.25) is 5.10 Å². The Bertz CT molecular complexity index is 1000. The van der Waals surface area contributed by atoms with E-state index in [4.69, 9.17) is 0 Å². The van der Waals surface area contributed by atoms with Crippen LogP contribution >= 0.6 is 0 Å². The molecule has 0 amide bonds. The third kappa shape index (κ3) is 3.89. The fraction of sp³-hybridized carbons (Fsp3) is 0.368. The second-order valence-corrected chi connectivity index (χ2v) is 7.58. The van der Waals surface area contributed by atoms with Crippen LogP contribution in [-0.2, 0) is 0 Å². The van der Waals surface area contributed by atoms with Gasteiger partial charge in [0.2, 0.25) is 11.9 Å². The summed E-state index contributed by atoms with van der Waals surface area (Å²) in [5.74, 6) is -0.166. The number of H-pyrrole nitrogens is 1. The molecule has 9 nitrogen and oxygen atoms in total. The van der Waals surface area contributed by atoms with Crippen molar-refractivity contribution >= 4 is 5.95 Å². The number of phenols is 1. The number of rotatable bonds is 4. The second kappa shape index (κ2) is 7.37. The Morgan fingerprint density at radius 1 is 1.21 bits per heavy atom. The van der Waals surface area contributed by atoms with Gasteiger partial charge in [0.05, 0.1) is 29.6 Å². The number of aromatic amines is 1. The molecular formula is C19H22FN7O2. The van der Waals surface area contributed by atoms with E-state index in [1.165, 1.54) is 18.5 Å². The largest absolute Gasteiger partial charge is 0.507 e. The lowest BCUT2D eigenvalue weighted by Gasteiger charge is -2.39. The highest BCUT2D eigenvalue weighted by Gasteiger charge is 2.32. The van der Waals surface area contributed by atoms with Crippen molar-refractivity contribution in [2.24, 2.45) is 0 Å². The number of piperazine rings is 1. The van der Waals surface area contributed by atoms with Gasteiger partial charge in [0.15, 0.2) is 0 Å². The van der Waals surface area contributed by atoms with Crippen molar-refractivity contribution in [3.05, 3.63) is 36.5 Å². The summed E-state index contributed by atoms with van der Waals surface area (Å²) in [5.41, 5.74) is 0.743. The molecule has 4 rings (SSSR count). The average Bonchev–Trinajstić information content (AvgIpc) is 3.13. The number of nitrogens with one attached hydrogen (secondary N) is 2.